The third-order valence-electron chi connectivity index (χ3n) is 3.95. The van der Waals surface area contributed by atoms with E-state index in [9.17, 15) is 4.79 Å². The van der Waals surface area contributed by atoms with E-state index in [1.807, 2.05) is 25.1 Å². The molecule has 0 radical (unpaired) electrons. The Labute approximate surface area is 119 Å². The van der Waals surface area contributed by atoms with E-state index < -0.39 is 0 Å². The molecule has 2 unspecified atom stereocenters. The van der Waals surface area contributed by atoms with Gasteiger partial charge >= 0.3 is 0 Å². The Morgan fingerprint density at radius 3 is 2.84 bits per heavy atom. The maximum absolute atomic E-state index is 12.2. The van der Waals surface area contributed by atoms with Crippen LogP contribution in [0.3, 0.4) is 0 Å². The number of hydrogen-bond acceptors (Lipinski definition) is 3. The van der Waals surface area contributed by atoms with E-state index in [4.69, 9.17) is 5.73 Å². The lowest BCUT2D eigenvalue weighted by molar-refractivity contribution is -0.130. The van der Waals surface area contributed by atoms with Crippen LogP contribution in [0.5, 0.6) is 0 Å². The Hall–Kier alpha value is -1.00. The molecule has 4 heteroatoms. The lowest BCUT2D eigenvalue weighted by Gasteiger charge is -2.27. The van der Waals surface area contributed by atoms with Crippen LogP contribution in [0.4, 0.5) is 0 Å². The highest BCUT2D eigenvalue weighted by molar-refractivity contribution is 7.99. The van der Waals surface area contributed by atoms with Crippen molar-refractivity contribution in [3.63, 3.8) is 0 Å². The Morgan fingerprint density at radius 1 is 1.47 bits per heavy atom. The largest absolute Gasteiger partial charge is 0.355 e. The second kappa shape index (κ2) is 6.44. The number of rotatable bonds is 5. The average molecular weight is 278 g/mol. The lowest BCUT2D eigenvalue weighted by Crippen LogP contribution is -2.47. The predicted octanol–water partition coefficient (Wildman–Crippen LogP) is 2.41. The first-order chi connectivity index (χ1) is 9.13. The zero-order chi connectivity index (χ0) is 13.7. The highest BCUT2D eigenvalue weighted by Crippen LogP contribution is 2.36. The van der Waals surface area contributed by atoms with Crippen molar-refractivity contribution in [2.24, 2.45) is 11.1 Å². The molecule has 104 valence electrons. The van der Waals surface area contributed by atoms with Crippen molar-refractivity contribution in [3.8, 4) is 0 Å². The number of nitrogens with one attached hydrogen (secondary N) is 1. The first-order valence-corrected chi connectivity index (χ1v) is 7.83. The number of hydrogen-bond donors (Lipinski definition) is 2. The van der Waals surface area contributed by atoms with Gasteiger partial charge in [-0.15, -0.1) is 11.8 Å². The molecule has 1 aromatic rings. The molecule has 3 N–H and O–H groups in total. The molecule has 1 aromatic carbocycles. The predicted molar refractivity (Wildman–Crippen MR) is 80.1 cm³/mol. The molecule has 19 heavy (non-hydrogen) atoms. The van der Waals surface area contributed by atoms with E-state index in [-0.39, 0.29) is 17.4 Å². The van der Waals surface area contributed by atoms with Crippen molar-refractivity contribution in [2.75, 3.05) is 12.3 Å². The molecule has 1 fully saturated rings. The van der Waals surface area contributed by atoms with Gasteiger partial charge in [-0.05, 0) is 31.9 Å². The van der Waals surface area contributed by atoms with Crippen LogP contribution in [0.15, 0.2) is 35.2 Å². The number of benzene rings is 1. The van der Waals surface area contributed by atoms with Crippen LogP contribution in [-0.4, -0.2) is 24.2 Å². The summed E-state index contributed by atoms with van der Waals surface area (Å²) in [6.45, 7) is 2.69. The van der Waals surface area contributed by atoms with Gasteiger partial charge in [0, 0.05) is 23.2 Å². The van der Waals surface area contributed by atoms with Crippen molar-refractivity contribution < 1.29 is 4.79 Å². The summed E-state index contributed by atoms with van der Waals surface area (Å²) in [5.41, 5.74) is 5.68. The van der Waals surface area contributed by atoms with Crippen LogP contribution in [0.1, 0.15) is 26.2 Å². The number of thioether (sulfide) groups is 1. The standard InChI is InChI=1S/C15H22N2OS/c1-15(9-5-8-13(15)16)14(18)17-10-11-19-12-6-3-2-4-7-12/h2-4,6-7,13H,5,8-11,16H2,1H3,(H,17,18). The highest BCUT2D eigenvalue weighted by atomic mass is 32.2. The summed E-state index contributed by atoms with van der Waals surface area (Å²) in [5.74, 6) is 1.01. The minimum absolute atomic E-state index is 0.00859. The number of carbonyl (C=O) groups excluding carboxylic acids is 1. The lowest BCUT2D eigenvalue weighted by atomic mass is 9.84. The Morgan fingerprint density at radius 2 is 2.21 bits per heavy atom. The van der Waals surface area contributed by atoms with Gasteiger partial charge in [-0.2, -0.15) is 0 Å². The van der Waals surface area contributed by atoms with Crippen LogP contribution < -0.4 is 11.1 Å². The molecule has 2 atom stereocenters. The second-order valence-electron chi connectivity index (χ2n) is 5.33. The molecule has 1 saturated carbocycles. The Kier molecular flexibility index (Phi) is 4.88. The molecule has 0 aromatic heterocycles. The van der Waals surface area contributed by atoms with Crippen molar-refractivity contribution in [2.45, 2.75) is 37.1 Å². The quantitative estimate of drug-likeness (QED) is 0.642. The van der Waals surface area contributed by atoms with E-state index in [0.29, 0.717) is 6.54 Å². The number of carbonyl (C=O) groups is 1. The van der Waals surface area contributed by atoms with E-state index in [2.05, 4.69) is 17.4 Å². The maximum atomic E-state index is 12.2. The van der Waals surface area contributed by atoms with E-state index in [1.54, 1.807) is 11.8 Å². The van der Waals surface area contributed by atoms with Crippen molar-refractivity contribution in [1.82, 2.24) is 5.32 Å². The smallest absolute Gasteiger partial charge is 0.227 e. The minimum Gasteiger partial charge on any atom is -0.355 e. The molecule has 2 rings (SSSR count). The number of nitrogens with two attached hydrogens (primary N) is 1. The summed E-state index contributed by atoms with van der Waals surface area (Å²) in [5, 5.41) is 3.03. The van der Waals surface area contributed by atoms with Crippen molar-refractivity contribution >= 4 is 17.7 Å². The van der Waals surface area contributed by atoms with Gasteiger partial charge < -0.3 is 11.1 Å². The van der Waals surface area contributed by atoms with E-state index >= 15 is 0 Å². The summed E-state index contributed by atoms with van der Waals surface area (Å²) in [6, 6.07) is 10.2. The topological polar surface area (TPSA) is 55.1 Å². The third-order valence-corrected chi connectivity index (χ3v) is 4.96. The summed E-state index contributed by atoms with van der Waals surface area (Å²) in [6.07, 6.45) is 2.93. The van der Waals surface area contributed by atoms with Gasteiger partial charge in [-0.1, -0.05) is 24.6 Å². The van der Waals surface area contributed by atoms with Crippen LogP contribution in [0, 0.1) is 5.41 Å². The Bertz CT molecular complexity index is 423. The zero-order valence-electron chi connectivity index (χ0n) is 11.4. The van der Waals surface area contributed by atoms with Crippen LogP contribution >= 0.6 is 11.8 Å². The second-order valence-corrected chi connectivity index (χ2v) is 6.50. The summed E-state index contributed by atoms with van der Waals surface area (Å²) in [7, 11) is 0. The molecule has 1 amide bonds. The molecule has 1 aliphatic carbocycles. The fourth-order valence-electron chi connectivity index (χ4n) is 2.53. The maximum Gasteiger partial charge on any atom is 0.227 e. The number of amides is 1. The molecule has 3 nitrogen and oxygen atoms in total. The van der Waals surface area contributed by atoms with Gasteiger partial charge in [0.1, 0.15) is 0 Å². The fraction of sp³-hybridized carbons (Fsp3) is 0.533. The van der Waals surface area contributed by atoms with Crippen LogP contribution in [-0.2, 0) is 4.79 Å². The molecule has 0 saturated heterocycles. The summed E-state index contributed by atoms with van der Waals surface area (Å²) >= 11 is 1.76. The fourth-order valence-corrected chi connectivity index (χ4v) is 3.32. The highest BCUT2D eigenvalue weighted by Gasteiger charge is 2.42. The summed E-state index contributed by atoms with van der Waals surface area (Å²) in [4.78, 5) is 13.4. The molecule has 1 aliphatic rings. The Balaban J connectivity index is 1.73. The molecular weight excluding hydrogens is 256 g/mol. The van der Waals surface area contributed by atoms with Gasteiger partial charge in [0.2, 0.25) is 5.91 Å². The summed E-state index contributed by atoms with van der Waals surface area (Å²) < 4.78 is 0. The zero-order valence-corrected chi connectivity index (χ0v) is 12.2. The average Bonchev–Trinajstić information content (AvgIpc) is 2.77. The van der Waals surface area contributed by atoms with Gasteiger partial charge in [-0.3, -0.25) is 4.79 Å². The normalized spacial score (nSPS) is 26.3. The van der Waals surface area contributed by atoms with Gasteiger partial charge in [0.05, 0.1) is 5.41 Å². The van der Waals surface area contributed by atoms with Gasteiger partial charge in [0.15, 0.2) is 0 Å². The monoisotopic (exact) mass is 278 g/mol. The van der Waals surface area contributed by atoms with E-state index in [1.165, 1.54) is 4.90 Å². The van der Waals surface area contributed by atoms with Gasteiger partial charge in [0.25, 0.3) is 0 Å². The SMILES string of the molecule is CC1(C(=O)NCCSc2ccccc2)CCCC1N. The minimum atomic E-state index is -0.364. The molecular formula is C15H22N2OS. The molecule has 0 spiro atoms. The molecule has 0 heterocycles. The molecule has 0 aliphatic heterocycles. The van der Waals surface area contributed by atoms with Crippen molar-refractivity contribution in [3.05, 3.63) is 30.3 Å². The van der Waals surface area contributed by atoms with Crippen LogP contribution in [0.2, 0.25) is 0 Å². The first-order valence-electron chi connectivity index (χ1n) is 6.84. The van der Waals surface area contributed by atoms with Gasteiger partial charge in [-0.25, -0.2) is 0 Å². The van der Waals surface area contributed by atoms with Crippen molar-refractivity contribution in [1.29, 1.82) is 0 Å². The van der Waals surface area contributed by atoms with E-state index in [0.717, 1.165) is 25.0 Å². The third kappa shape index (κ3) is 3.51. The first kappa shape index (κ1) is 14.4. The molecule has 0 bridgehead atoms. The van der Waals surface area contributed by atoms with Crippen LogP contribution in [0.25, 0.3) is 0 Å².